The van der Waals surface area contributed by atoms with Crippen molar-refractivity contribution in [2.45, 2.75) is 25.1 Å². The highest BCUT2D eigenvalue weighted by molar-refractivity contribution is 5.90. The van der Waals surface area contributed by atoms with Gasteiger partial charge in [0, 0.05) is 19.3 Å². The molecular weight excluding hydrogens is 325 g/mol. The molecule has 0 aliphatic carbocycles. The van der Waals surface area contributed by atoms with E-state index in [1.54, 1.807) is 0 Å². The molecule has 24 heavy (non-hydrogen) atoms. The van der Waals surface area contributed by atoms with E-state index >= 15 is 0 Å². The Labute approximate surface area is 135 Å². The summed E-state index contributed by atoms with van der Waals surface area (Å²) in [6.45, 7) is 1.09. The molecule has 0 aromatic carbocycles. The number of alkyl halides is 3. The van der Waals surface area contributed by atoms with Gasteiger partial charge in [0.05, 0.1) is 18.4 Å². The Morgan fingerprint density at radius 3 is 2.79 bits per heavy atom. The molecule has 0 bridgehead atoms. The fourth-order valence-corrected chi connectivity index (χ4v) is 2.70. The number of hydrogen-bond donors (Lipinski definition) is 1. The molecule has 0 saturated carbocycles. The lowest BCUT2D eigenvalue weighted by Gasteiger charge is -2.33. The Hall–Kier alpha value is -2.65. The molecule has 1 aliphatic rings. The van der Waals surface area contributed by atoms with Crippen molar-refractivity contribution in [1.29, 1.82) is 0 Å². The number of nitrogens with zero attached hydrogens (tertiary/aromatic N) is 5. The summed E-state index contributed by atoms with van der Waals surface area (Å²) >= 11 is 0. The molecule has 1 saturated heterocycles. The van der Waals surface area contributed by atoms with Crippen molar-refractivity contribution in [3.05, 3.63) is 36.0 Å². The summed E-state index contributed by atoms with van der Waals surface area (Å²) in [5, 5.41) is 3.63. The van der Waals surface area contributed by atoms with Gasteiger partial charge in [0.25, 0.3) is 5.91 Å². The van der Waals surface area contributed by atoms with E-state index in [-0.39, 0.29) is 11.7 Å². The molecule has 3 heterocycles. The van der Waals surface area contributed by atoms with Crippen LogP contribution in [0.4, 0.5) is 19.0 Å². The third-order valence-electron chi connectivity index (χ3n) is 3.87. The Bertz CT molecular complexity index is 744. The van der Waals surface area contributed by atoms with Gasteiger partial charge in [-0.2, -0.15) is 18.3 Å². The lowest BCUT2D eigenvalue weighted by Crippen LogP contribution is -2.37. The quantitative estimate of drug-likeness (QED) is 0.917. The number of rotatable bonds is 3. The van der Waals surface area contributed by atoms with Crippen molar-refractivity contribution in [3.8, 4) is 0 Å². The van der Waals surface area contributed by atoms with Crippen LogP contribution in [-0.4, -0.2) is 38.7 Å². The van der Waals surface area contributed by atoms with Crippen LogP contribution in [0.1, 0.15) is 35.1 Å². The number of amides is 1. The lowest BCUT2D eigenvalue weighted by atomic mass is 10.1. The summed E-state index contributed by atoms with van der Waals surface area (Å²) in [5.74, 6) is -0.209. The highest BCUT2D eigenvalue weighted by atomic mass is 19.4. The smallest absolute Gasteiger partial charge is 0.364 e. The molecule has 1 fully saturated rings. The first-order valence-corrected chi connectivity index (χ1v) is 7.34. The first-order valence-electron chi connectivity index (χ1n) is 7.34. The van der Waals surface area contributed by atoms with Crippen LogP contribution in [-0.2, 0) is 6.18 Å². The van der Waals surface area contributed by atoms with Gasteiger partial charge in [0.15, 0.2) is 5.69 Å². The Balaban J connectivity index is 1.78. The number of aromatic nitrogens is 4. The lowest BCUT2D eigenvalue weighted by molar-refractivity contribution is -0.141. The number of anilines is 1. The van der Waals surface area contributed by atoms with Gasteiger partial charge < -0.3 is 10.6 Å². The first kappa shape index (κ1) is 16.2. The summed E-state index contributed by atoms with van der Waals surface area (Å²) < 4.78 is 39.4. The molecule has 10 heteroatoms. The highest BCUT2D eigenvalue weighted by Gasteiger charge is 2.34. The molecule has 0 spiro atoms. The number of primary amides is 1. The zero-order chi connectivity index (χ0) is 17.3. The Kier molecular flexibility index (Phi) is 4.12. The van der Waals surface area contributed by atoms with E-state index in [9.17, 15) is 18.0 Å². The second-order valence-corrected chi connectivity index (χ2v) is 5.55. The largest absolute Gasteiger partial charge is 0.435 e. The average molecular weight is 340 g/mol. The third kappa shape index (κ3) is 3.31. The Morgan fingerprint density at radius 2 is 2.12 bits per heavy atom. The van der Waals surface area contributed by atoms with Crippen molar-refractivity contribution in [2.75, 3.05) is 18.0 Å². The maximum atomic E-state index is 12.7. The molecule has 3 rings (SSSR count). The number of hydrogen-bond acceptors (Lipinski definition) is 5. The molecule has 7 nitrogen and oxygen atoms in total. The normalized spacial score (nSPS) is 18.6. The molecule has 2 aromatic rings. The second kappa shape index (κ2) is 6.10. The molecule has 128 valence electrons. The van der Waals surface area contributed by atoms with Gasteiger partial charge in [0.2, 0.25) is 0 Å². The van der Waals surface area contributed by atoms with Gasteiger partial charge in [-0.05, 0) is 18.9 Å². The van der Waals surface area contributed by atoms with E-state index in [2.05, 4.69) is 15.1 Å². The minimum atomic E-state index is -4.46. The molecule has 1 aliphatic heterocycles. The van der Waals surface area contributed by atoms with Gasteiger partial charge in [0.1, 0.15) is 11.5 Å². The maximum Gasteiger partial charge on any atom is 0.435 e. The van der Waals surface area contributed by atoms with Gasteiger partial charge in [-0.3, -0.25) is 14.5 Å². The molecule has 1 atom stereocenters. The predicted octanol–water partition coefficient (Wildman–Crippen LogP) is 1.63. The van der Waals surface area contributed by atoms with Crippen LogP contribution in [0.2, 0.25) is 0 Å². The fourth-order valence-electron chi connectivity index (χ4n) is 2.70. The van der Waals surface area contributed by atoms with E-state index in [4.69, 9.17) is 5.73 Å². The van der Waals surface area contributed by atoms with E-state index in [0.29, 0.717) is 25.3 Å². The van der Waals surface area contributed by atoms with Crippen molar-refractivity contribution >= 4 is 11.7 Å². The number of halogens is 3. The minimum absolute atomic E-state index is 0.0491. The zero-order valence-corrected chi connectivity index (χ0v) is 12.6. The van der Waals surface area contributed by atoms with Crippen LogP contribution < -0.4 is 10.6 Å². The first-order chi connectivity index (χ1) is 11.3. The van der Waals surface area contributed by atoms with E-state index in [1.807, 2.05) is 4.90 Å². The number of carbonyl (C=O) groups is 1. The van der Waals surface area contributed by atoms with Crippen LogP contribution in [0, 0.1) is 0 Å². The average Bonchev–Trinajstić information content (AvgIpc) is 3.05. The number of piperidine rings is 1. The monoisotopic (exact) mass is 340 g/mol. The molecule has 1 amide bonds. The van der Waals surface area contributed by atoms with Gasteiger partial charge >= 0.3 is 6.18 Å². The summed E-state index contributed by atoms with van der Waals surface area (Å²) in [6, 6.07) is 0.751. The van der Waals surface area contributed by atoms with E-state index in [0.717, 1.165) is 12.5 Å². The molecule has 2 N–H and O–H groups in total. The minimum Gasteiger partial charge on any atom is -0.364 e. The maximum absolute atomic E-state index is 12.7. The van der Waals surface area contributed by atoms with Crippen molar-refractivity contribution in [2.24, 2.45) is 5.73 Å². The molecule has 1 unspecified atom stereocenters. The molecule has 2 aromatic heterocycles. The zero-order valence-electron chi connectivity index (χ0n) is 12.6. The molecule has 0 radical (unpaired) electrons. The summed E-state index contributed by atoms with van der Waals surface area (Å²) in [7, 11) is 0. The van der Waals surface area contributed by atoms with Gasteiger partial charge in [-0.1, -0.05) is 0 Å². The predicted molar refractivity (Wildman–Crippen MR) is 78.3 cm³/mol. The third-order valence-corrected chi connectivity index (χ3v) is 3.87. The van der Waals surface area contributed by atoms with Crippen LogP contribution in [0.25, 0.3) is 0 Å². The van der Waals surface area contributed by atoms with E-state index in [1.165, 1.54) is 23.3 Å². The fraction of sp³-hybridized carbons (Fsp3) is 0.429. The van der Waals surface area contributed by atoms with Crippen LogP contribution in [0.3, 0.4) is 0 Å². The summed E-state index contributed by atoms with van der Waals surface area (Å²) in [6.07, 6.45) is 1.12. The molecular formula is C14H15F3N6O. The number of nitrogens with two attached hydrogens (primary N) is 1. The summed E-state index contributed by atoms with van der Waals surface area (Å²) in [4.78, 5) is 21.1. The van der Waals surface area contributed by atoms with Crippen LogP contribution in [0.5, 0.6) is 0 Å². The number of carbonyl (C=O) groups excluding carboxylic acids is 1. The topological polar surface area (TPSA) is 89.9 Å². The SMILES string of the molecule is NC(=O)c1cncc(N2CCCC(n3ccc(C(F)(F)F)n3)C2)n1. The summed E-state index contributed by atoms with van der Waals surface area (Å²) in [5.41, 5.74) is 4.34. The van der Waals surface area contributed by atoms with Crippen LogP contribution in [0.15, 0.2) is 24.7 Å². The van der Waals surface area contributed by atoms with Crippen molar-refractivity contribution in [3.63, 3.8) is 0 Å². The van der Waals surface area contributed by atoms with Gasteiger partial charge in [-0.15, -0.1) is 0 Å². The van der Waals surface area contributed by atoms with Gasteiger partial charge in [-0.25, -0.2) is 4.98 Å². The second-order valence-electron chi connectivity index (χ2n) is 5.55. The van der Waals surface area contributed by atoms with Crippen molar-refractivity contribution in [1.82, 2.24) is 19.7 Å². The van der Waals surface area contributed by atoms with Crippen LogP contribution >= 0.6 is 0 Å². The Morgan fingerprint density at radius 1 is 1.33 bits per heavy atom. The van der Waals surface area contributed by atoms with Crippen molar-refractivity contribution < 1.29 is 18.0 Å². The standard InChI is InChI=1S/C14H15F3N6O/c15-14(16,17)11-3-5-23(21-11)9-2-1-4-22(8-9)12-7-19-6-10(20-12)13(18)24/h3,5-7,9H,1-2,4,8H2,(H2,18,24). The van der Waals surface area contributed by atoms with E-state index < -0.39 is 17.8 Å². The highest BCUT2D eigenvalue weighted by Crippen LogP contribution is 2.30.